The maximum atomic E-state index is 13.1. The predicted molar refractivity (Wildman–Crippen MR) is 104 cm³/mol. The first kappa shape index (κ1) is 19.2. The SMILES string of the molecule is CC[C@]1(c2cccc(Cl)c2)NC(=O)N(CN(C)Cc2ccc(Cl)s2)C1=O. The fraction of sp³-hybridized carbons (Fsp3) is 0.333. The van der Waals surface area contributed by atoms with Gasteiger partial charge in [-0.3, -0.25) is 9.69 Å². The average Bonchev–Trinajstić information content (AvgIpc) is 3.11. The number of nitrogens with zero attached hydrogens (tertiary/aromatic N) is 2. The fourth-order valence-corrected chi connectivity index (χ4v) is 4.50. The van der Waals surface area contributed by atoms with Gasteiger partial charge in [0.1, 0.15) is 5.54 Å². The smallest absolute Gasteiger partial charge is 0.319 e. The summed E-state index contributed by atoms with van der Waals surface area (Å²) in [5.41, 5.74) is -0.379. The molecule has 1 aliphatic heterocycles. The maximum absolute atomic E-state index is 13.1. The van der Waals surface area contributed by atoms with Gasteiger partial charge in [0.15, 0.2) is 0 Å². The van der Waals surface area contributed by atoms with Crippen LogP contribution in [0, 0.1) is 0 Å². The number of rotatable bonds is 6. The minimum absolute atomic E-state index is 0.197. The van der Waals surface area contributed by atoms with Gasteiger partial charge in [0.05, 0.1) is 11.0 Å². The second-order valence-electron chi connectivity index (χ2n) is 6.29. The average molecular weight is 412 g/mol. The summed E-state index contributed by atoms with van der Waals surface area (Å²) in [5, 5.41) is 3.40. The van der Waals surface area contributed by atoms with E-state index in [-0.39, 0.29) is 12.6 Å². The molecule has 0 aliphatic carbocycles. The van der Waals surface area contributed by atoms with Crippen molar-refractivity contribution in [2.45, 2.75) is 25.4 Å². The third-order valence-electron chi connectivity index (χ3n) is 4.46. The van der Waals surface area contributed by atoms with Crippen molar-refractivity contribution in [3.63, 3.8) is 0 Å². The van der Waals surface area contributed by atoms with Crippen LogP contribution < -0.4 is 5.32 Å². The van der Waals surface area contributed by atoms with Crippen LogP contribution in [-0.4, -0.2) is 35.5 Å². The zero-order valence-corrected chi connectivity index (χ0v) is 16.8. The number of imide groups is 1. The Balaban J connectivity index is 1.79. The first-order valence-corrected chi connectivity index (χ1v) is 9.76. The Morgan fingerprint density at radius 2 is 2.00 bits per heavy atom. The standard InChI is InChI=1S/C18H19Cl2N3O2S/c1-3-18(12-5-4-6-13(19)9-12)16(24)23(17(25)21-18)11-22(2)10-14-7-8-15(20)26-14/h4-9H,3,10-11H2,1-2H3,(H,21,25)/t18-/m1/s1. The van der Waals surface area contributed by atoms with E-state index in [1.54, 1.807) is 18.2 Å². The topological polar surface area (TPSA) is 52.7 Å². The molecule has 1 atom stereocenters. The van der Waals surface area contributed by atoms with E-state index in [2.05, 4.69) is 5.32 Å². The highest BCUT2D eigenvalue weighted by molar-refractivity contribution is 7.16. The molecule has 1 saturated heterocycles. The second-order valence-corrected chi connectivity index (χ2v) is 8.53. The minimum atomic E-state index is -1.07. The summed E-state index contributed by atoms with van der Waals surface area (Å²) in [6, 6.07) is 10.4. The van der Waals surface area contributed by atoms with Gasteiger partial charge in [-0.25, -0.2) is 9.69 Å². The molecule has 0 bridgehead atoms. The molecule has 1 aromatic heterocycles. The Kier molecular flexibility index (Phi) is 5.58. The lowest BCUT2D eigenvalue weighted by molar-refractivity contribution is -0.133. The van der Waals surface area contributed by atoms with Crippen molar-refractivity contribution >= 4 is 46.5 Å². The zero-order valence-electron chi connectivity index (χ0n) is 14.5. The van der Waals surface area contributed by atoms with Crippen LogP contribution in [0.1, 0.15) is 23.8 Å². The number of halogens is 2. The molecule has 0 spiro atoms. The molecular weight excluding hydrogens is 393 g/mol. The van der Waals surface area contributed by atoms with Gasteiger partial charge >= 0.3 is 6.03 Å². The van der Waals surface area contributed by atoms with Crippen molar-refractivity contribution in [3.8, 4) is 0 Å². The van der Waals surface area contributed by atoms with Gasteiger partial charge in [0.2, 0.25) is 0 Å². The molecule has 8 heteroatoms. The van der Waals surface area contributed by atoms with E-state index in [0.717, 1.165) is 4.88 Å². The lowest BCUT2D eigenvalue weighted by atomic mass is 9.87. The van der Waals surface area contributed by atoms with Crippen molar-refractivity contribution in [3.05, 3.63) is 56.2 Å². The number of amides is 3. The molecule has 0 radical (unpaired) electrons. The molecule has 138 valence electrons. The van der Waals surface area contributed by atoms with E-state index in [1.165, 1.54) is 16.2 Å². The van der Waals surface area contributed by atoms with Crippen LogP contribution in [0.25, 0.3) is 0 Å². The highest BCUT2D eigenvalue weighted by Crippen LogP contribution is 2.33. The Morgan fingerprint density at radius 3 is 2.62 bits per heavy atom. The van der Waals surface area contributed by atoms with Crippen molar-refractivity contribution in [2.75, 3.05) is 13.7 Å². The van der Waals surface area contributed by atoms with Crippen LogP contribution in [0.2, 0.25) is 9.36 Å². The number of hydrogen-bond acceptors (Lipinski definition) is 4. The molecule has 1 aromatic carbocycles. The summed E-state index contributed by atoms with van der Waals surface area (Å²) in [4.78, 5) is 29.9. The van der Waals surface area contributed by atoms with Gasteiger partial charge in [-0.2, -0.15) is 0 Å². The fourth-order valence-electron chi connectivity index (χ4n) is 3.14. The van der Waals surface area contributed by atoms with Crippen LogP contribution in [-0.2, 0) is 16.9 Å². The second kappa shape index (κ2) is 7.56. The number of hydrogen-bond donors (Lipinski definition) is 1. The minimum Gasteiger partial charge on any atom is -0.319 e. The number of urea groups is 1. The van der Waals surface area contributed by atoms with Crippen molar-refractivity contribution < 1.29 is 9.59 Å². The van der Waals surface area contributed by atoms with E-state index in [4.69, 9.17) is 23.2 Å². The first-order valence-electron chi connectivity index (χ1n) is 8.18. The summed E-state index contributed by atoms with van der Waals surface area (Å²) in [6.45, 7) is 2.67. The summed E-state index contributed by atoms with van der Waals surface area (Å²) < 4.78 is 0.717. The molecule has 2 heterocycles. The molecule has 0 unspecified atom stereocenters. The van der Waals surface area contributed by atoms with Crippen LogP contribution in [0.15, 0.2) is 36.4 Å². The third kappa shape index (κ3) is 3.60. The molecule has 1 N–H and O–H groups in total. The van der Waals surface area contributed by atoms with Gasteiger partial charge in [0.25, 0.3) is 5.91 Å². The molecule has 3 amide bonds. The van der Waals surface area contributed by atoms with Crippen LogP contribution in [0.5, 0.6) is 0 Å². The lowest BCUT2D eigenvalue weighted by Crippen LogP contribution is -2.44. The Labute approximate surface area is 166 Å². The quantitative estimate of drug-likeness (QED) is 0.720. The molecule has 5 nitrogen and oxygen atoms in total. The van der Waals surface area contributed by atoms with Gasteiger partial charge in [-0.1, -0.05) is 42.3 Å². The highest BCUT2D eigenvalue weighted by Gasteiger charge is 2.51. The van der Waals surface area contributed by atoms with Crippen LogP contribution in [0.3, 0.4) is 0 Å². The third-order valence-corrected chi connectivity index (χ3v) is 5.91. The predicted octanol–water partition coefficient (Wildman–Crippen LogP) is 4.30. The van der Waals surface area contributed by atoms with Gasteiger partial charge in [-0.05, 0) is 43.3 Å². The van der Waals surface area contributed by atoms with Gasteiger partial charge in [-0.15, -0.1) is 11.3 Å². The number of benzene rings is 1. The van der Waals surface area contributed by atoms with E-state index in [9.17, 15) is 9.59 Å². The number of thiophene rings is 1. The van der Waals surface area contributed by atoms with Crippen molar-refractivity contribution in [2.24, 2.45) is 0 Å². The Hall–Kier alpha value is -1.60. The number of carbonyl (C=O) groups excluding carboxylic acids is 2. The monoisotopic (exact) mass is 411 g/mol. The molecule has 26 heavy (non-hydrogen) atoms. The summed E-state index contributed by atoms with van der Waals surface area (Å²) in [7, 11) is 1.86. The number of carbonyl (C=O) groups is 2. The largest absolute Gasteiger partial charge is 0.326 e. The molecule has 0 saturated carbocycles. The van der Waals surface area contributed by atoms with E-state index < -0.39 is 11.6 Å². The van der Waals surface area contributed by atoms with E-state index in [1.807, 2.05) is 37.1 Å². The van der Waals surface area contributed by atoms with Crippen molar-refractivity contribution in [1.82, 2.24) is 15.1 Å². The molecule has 1 fully saturated rings. The number of nitrogens with one attached hydrogen (secondary N) is 1. The van der Waals surface area contributed by atoms with Gasteiger partial charge in [0, 0.05) is 16.4 Å². The van der Waals surface area contributed by atoms with Gasteiger partial charge < -0.3 is 5.32 Å². The molecule has 2 aromatic rings. The summed E-state index contributed by atoms with van der Waals surface area (Å²) >= 11 is 13.5. The maximum Gasteiger partial charge on any atom is 0.326 e. The Morgan fingerprint density at radius 1 is 1.23 bits per heavy atom. The van der Waals surface area contributed by atoms with Crippen LogP contribution >= 0.6 is 34.5 Å². The molecule has 3 rings (SSSR count). The normalized spacial score (nSPS) is 20.1. The Bertz CT molecular complexity index is 841. The summed E-state index contributed by atoms with van der Waals surface area (Å²) in [5.74, 6) is -0.261. The van der Waals surface area contributed by atoms with E-state index in [0.29, 0.717) is 27.9 Å². The summed E-state index contributed by atoms with van der Waals surface area (Å²) in [6.07, 6.45) is 0.443. The molecular formula is C18H19Cl2N3O2S. The molecule has 1 aliphatic rings. The van der Waals surface area contributed by atoms with E-state index >= 15 is 0 Å². The lowest BCUT2D eigenvalue weighted by Gasteiger charge is -2.27. The van der Waals surface area contributed by atoms with Crippen molar-refractivity contribution in [1.29, 1.82) is 0 Å². The van der Waals surface area contributed by atoms with Crippen LogP contribution in [0.4, 0.5) is 4.79 Å². The zero-order chi connectivity index (χ0) is 18.9. The first-order chi connectivity index (χ1) is 12.4. The highest BCUT2D eigenvalue weighted by atomic mass is 35.5.